The molecule has 0 unspecified atom stereocenters. The summed E-state index contributed by atoms with van der Waals surface area (Å²) in [6, 6.07) is 16.5. The lowest BCUT2D eigenvalue weighted by Gasteiger charge is -2.09. The first-order chi connectivity index (χ1) is 12.1. The molecule has 0 aliphatic carbocycles. The fourth-order valence-electron chi connectivity index (χ4n) is 2.30. The Hall–Kier alpha value is -2.99. The minimum Gasteiger partial charge on any atom is -0.326 e. The van der Waals surface area contributed by atoms with Crippen LogP contribution >= 0.6 is 11.3 Å². The first kappa shape index (κ1) is 16.9. The number of nitrogens with one attached hydrogen (secondary N) is 2. The molecule has 0 saturated carbocycles. The van der Waals surface area contributed by atoms with Crippen LogP contribution in [-0.4, -0.2) is 11.8 Å². The van der Waals surface area contributed by atoms with Crippen LogP contribution in [0.3, 0.4) is 0 Å². The van der Waals surface area contributed by atoms with Gasteiger partial charge in [-0.3, -0.25) is 9.59 Å². The highest BCUT2D eigenvalue weighted by atomic mass is 32.1. The molecular weight excluding hydrogens is 339 g/mol. The second-order valence-electron chi connectivity index (χ2n) is 5.33. The molecule has 1 aromatic heterocycles. The molecule has 2 N–H and O–H groups in total. The van der Waals surface area contributed by atoms with E-state index in [1.165, 1.54) is 17.4 Å². The van der Waals surface area contributed by atoms with Crippen molar-refractivity contribution in [2.45, 2.75) is 6.42 Å². The van der Waals surface area contributed by atoms with E-state index in [1.807, 2.05) is 5.38 Å². The highest BCUT2D eigenvalue weighted by molar-refractivity contribution is 7.12. The summed E-state index contributed by atoms with van der Waals surface area (Å²) < 4.78 is 13.6. The Morgan fingerprint density at radius 2 is 1.68 bits per heavy atom. The van der Waals surface area contributed by atoms with Crippen molar-refractivity contribution in [1.82, 2.24) is 0 Å². The average molecular weight is 354 g/mol. The second-order valence-corrected chi connectivity index (χ2v) is 6.28. The van der Waals surface area contributed by atoms with Crippen LogP contribution in [-0.2, 0) is 11.2 Å². The van der Waals surface area contributed by atoms with Gasteiger partial charge in [0.15, 0.2) is 0 Å². The van der Waals surface area contributed by atoms with E-state index < -0.39 is 5.82 Å². The molecule has 3 aromatic rings. The molecule has 0 atom stereocenters. The van der Waals surface area contributed by atoms with Crippen LogP contribution in [0.4, 0.5) is 15.8 Å². The monoisotopic (exact) mass is 354 g/mol. The summed E-state index contributed by atoms with van der Waals surface area (Å²) in [5, 5.41) is 7.32. The molecule has 2 aromatic carbocycles. The largest absolute Gasteiger partial charge is 0.326 e. The second kappa shape index (κ2) is 7.72. The maximum Gasteiger partial charge on any atom is 0.265 e. The van der Waals surface area contributed by atoms with E-state index >= 15 is 0 Å². The molecule has 0 fully saturated rings. The number of carbonyl (C=O) groups excluding carboxylic acids is 2. The average Bonchev–Trinajstić information content (AvgIpc) is 3.12. The molecule has 1 heterocycles. The molecule has 6 heteroatoms. The van der Waals surface area contributed by atoms with Gasteiger partial charge in [-0.2, -0.15) is 0 Å². The Bertz CT molecular complexity index is 894. The topological polar surface area (TPSA) is 58.2 Å². The lowest BCUT2D eigenvalue weighted by Crippen LogP contribution is -2.15. The summed E-state index contributed by atoms with van der Waals surface area (Å²) in [5.74, 6) is -0.939. The lowest BCUT2D eigenvalue weighted by molar-refractivity contribution is -0.115. The van der Waals surface area contributed by atoms with Crippen molar-refractivity contribution in [3.63, 3.8) is 0 Å². The van der Waals surface area contributed by atoms with Crippen molar-refractivity contribution in [3.05, 3.63) is 82.3 Å². The third-order valence-corrected chi connectivity index (χ3v) is 4.33. The van der Waals surface area contributed by atoms with Gasteiger partial charge in [-0.25, -0.2) is 4.39 Å². The summed E-state index contributed by atoms with van der Waals surface area (Å²) in [4.78, 5) is 24.8. The minimum atomic E-state index is -0.408. The van der Waals surface area contributed by atoms with Crippen LogP contribution < -0.4 is 10.6 Å². The minimum absolute atomic E-state index is 0.0571. The third kappa shape index (κ3) is 4.51. The zero-order valence-electron chi connectivity index (χ0n) is 13.2. The summed E-state index contributed by atoms with van der Waals surface area (Å²) in [5.41, 5.74) is 1.44. The Kier molecular flexibility index (Phi) is 5.20. The van der Waals surface area contributed by atoms with Crippen LogP contribution in [0.1, 0.15) is 15.2 Å². The van der Waals surface area contributed by atoms with Gasteiger partial charge in [0.25, 0.3) is 5.91 Å². The molecule has 0 bridgehead atoms. The molecule has 0 radical (unpaired) electrons. The molecule has 0 aliphatic rings. The van der Waals surface area contributed by atoms with Crippen molar-refractivity contribution < 1.29 is 14.0 Å². The fraction of sp³-hybridized carbons (Fsp3) is 0.0526. The Labute approximate surface area is 148 Å². The van der Waals surface area contributed by atoms with E-state index in [-0.39, 0.29) is 18.2 Å². The number of halogens is 1. The quantitative estimate of drug-likeness (QED) is 0.717. The summed E-state index contributed by atoms with van der Waals surface area (Å²) in [6.45, 7) is 0. The predicted octanol–water partition coefficient (Wildman–Crippen LogP) is 4.32. The Morgan fingerprint density at radius 1 is 0.920 bits per heavy atom. The van der Waals surface area contributed by atoms with E-state index in [1.54, 1.807) is 54.6 Å². The number of hydrogen-bond donors (Lipinski definition) is 2. The van der Waals surface area contributed by atoms with Gasteiger partial charge in [-0.05, 0) is 41.3 Å². The van der Waals surface area contributed by atoms with Crippen LogP contribution in [0.5, 0.6) is 0 Å². The number of carbonyl (C=O) groups is 2. The summed E-state index contributed by atoms with van der Waals surface area (Å²) in [7, 11) is 0. The standard InChI is InChI=1S/C19H15FN2O2S/c20-16-8-2-1-5-13(16)11-18(23)21-14-6-3-7-15(12-14)22-19(24)17-9-4-10-25-17/h1-10,12H,11H2,(H,21,23)(H,22,24). The van der Waals surface area contributed by atoms with Crippen LogP contribution in [0.15, 0.2) is 66.0 Å². The van der Waals surface area contributed by atoms with Crippen molar-refractivity contribution in [2.75, 3.05) is 10.6 Å². The van der Waals surface area contributed by atoms with Gasteiger partial charge in [0.2, 0.25) is 5.91 Å². The molecule has 4 nitrogen and oxygen atoms in total. The van der Waals surface area contributed by atoms with E-state index in [2.05, 4.69) is 10.6 Å². The zero-order valence-corrected chi connectivity index (χ0v) is 14.0. The van der Waals surface area contributed by atoms with Gasteiger partial charge in [0.05, 0.1) is 11.3 Å². The summed E-state index contributed by atoms with van der Waals surface area (Å²) in [6.07, 6.45) is -0.0571. The van der Waals surface area contributed by atoms with Gasteiger partial charge in [0.1, 0.15) is 5.82 Å². The van der Waals surface area contributed by atoms with Crippen molar-refractivity contribution in [2.24, 2.45) is 0 Å². The van der Waals surface area contributed by atoms with Crippen molar-refractivity contribution in [1.29, 1.82) is 0 Å². The van der Waals surface area contributed by atoms with Gasteiger partial charge >= 0.3 is 0 Å². The van der Waals surface area contributed by atoms with Crippen molar-refractivity contribution in [3.8, 4) is 0 Å². The number of thiophene rings is 1. The highest BCUT2D eigenvalue weighted by Crippen LogP contribution is 2.18. The predicted molar refractivity (Wildman–Crippen MR) is 97.4 cm³/mol. The number of anilines is 2. The lowest BCUT2D eigenvalue weighted by atomic mass is 10.1. The molecule has 2 amide bonds. The van der Waals surface area contributed by atoms with E-state index in [0.717, 1.165) is 0 Å². The molecular formula is C19H15FN2O2S. The SMILES string of the molecule is O=C(Cc1ccccc1F)Nc1cccc(NC(=O)c2cccs2)c1. The van der Waals surface area contributed by atoms with Gasteiger partial charge in [-0.1, -0.05) is 30.3 Å². The van der Waals surface area contributed by atoms with E-state index in [4.69, 9.17) is 0 Å². The Morgan fingerprint density at radius 3 is 2.40 bits per heavy atom. The normalized spacial score (nSPS) is 10.3. The Balaban J connectivity index is 1.64. The van der Waals surface area contributed by atoms with Gasteiger partial charge in [0, 0.05) is 11.4 Å². The van der Waals surface area contributed by atoms with Crippen LogP contribution in [0, 0.1) is 5.82 Å². The van der Waals surface area contributed by atoms with Gasteiger partial charge < -0.3 is 10.6 Å². The first-order valence-electron chi connectivity index (χ1n) is 7.60. The zero-order chi connectivity index (χ0) is 17.6. The van der Waals surface area contributed by atoms with Crippen molar-refractivity contribution >= 4 is 34.5 Å². The van der Waals surface area contributed by atoms with E-state index in [0.29, 0.717) is 21.8 Å². The smallest absolute Gasteiger partial charge is 0.265 e. The number of amides is 2. The van der Waals surface area contributed by atoms with Gasteiger partial charge in [-0.15, -0.1) is 11.3 Å². The molecule has 0 spiro atoms. The van der Waals surface area contributed by atoms with E-state index in [9.17, 15) is 14.0 Å². The molecule has 25 heavy (non-hydrogen) atoms. The maximum absolute atomic E-state index is 13.6. The van der Waals surface area contributed by atoms with Crippen LogP contribution in [0.2, 0.25) is 0 Å². The number of benzene rings is 2. The first-order valence-corrected chi connectivity index (χ1v) is 8.48. The summed E-state index contributed by atoms with van der Waals surface area (Å²) >= 11 is 1.35. The number of hydrogen-bond acceptors (Lipinski definition) is 3. The molecule has 126 valence electrons. The number of rotatable bonds is 5. The highest BCUT2D eigenvalue weighted by Gasteiger charge is 2.10. The van der Waals surface area contributed by atoms with Crippen LogP contribution in [0.25, 0.3) is 0 Å². The molecule has 0 saturated heterocycles. The third-order valence-electron chi connectivity index (χ3n) is 3.46. The fourth-order valence-corrected chi connectivity index (χ4v) is 2.91. The maximum atomic E-state index is 13.6. The molecule has 3 rings (SSSR count). The molecule has 0 aliphatic heterocycles.